The van der Waals surface area contributed by atoms with Crippen molar-refractivity contribution in [3.8, 4) is 17.3 Å². The van der Waals surface area contributed by atoms with E-state index in [9.17, 15) is 0 Å². The molecule has 6 aromatic carbocycles. The molecule has 10 rings (SSSR count). The molecule has 0 spiro atoms. The molecule has 6 heteroatoms. The fourth-order valence-electron chi connectivity index (χ4n) is 7.91. The fourth-order valence-corrected chi connectivity index (χ4v) is 7.91. The first-order valence-electron chi connectivity index (χ1n) is 18.1. The zero-order valence-electron chi connectivity index (χ0n) is 29.9. The number of benzene rings is 6. The summed E-state index contributed by atoms with van der Waals surface area (Å²) in [6.45, 7) is 7.34. The Hall–Kier alpha value is -6.66. The van der Waals surface area contributed by atoms with E-state index in [2.05, 4.69) is 174 Å². The second-order valence-electron chi connectivity index (χ2n) is 14.8. The average molecular weight is 688 g/mol. The Morgan fingerprint density at radius 3 is 2.23 bits per heavy atom. The van der Waals surface area contributed by atoms with Crippen LogP contribution in [0.25, 0.3) is 49.2 Å². The first-order valence-corrected chi connectivity index (χ1v) is 18.1. The quantitative estimate of drug-likeness (QED) is 0.169. The minimum atomic E-state index is 0.00244. The summed E-state index contributed by atoms with van der Waals surface area (Å²) in [7, 11) is 0. The minimum absolute atomic E-state index is 0.00244. The molecule has 1 aliphatic rings. The van der Waals surface area contributed by atoms with Crippen LogP contribution in [0.1, 0.15) is 26.3 Å². The van der Waals surface area contributed by atoms with Crippen molar-refractivity contribution in [1.82, 2.24) is 14.5 Å². The van der Waals surface area contributed by atoms with Crippen LogP contribution in [-0.2, 0) is 5.41 Å². The molecule has 0 fully saturated rings. The van der Waals surface area contributed by atoms with Crippen LogP contribution in [0.3, 0.4) is 0 Å². The van der Waals surface area contributed by atoms with Crippen LogP contribution in [0.15, 0.2) is 158 Å². The molecule has 3 aromatic heterocycles. The Kier molecular flexibility index (Phi) is 7.02. The van der Waals surface area contributed by atoms with Crippen molar-refractivity contribution < 1.29 is 4.74 Å². The van der Waals surface area contributed by atoms with E-state index in [4.69, 9.17) is 9.72 Å². The van der Waals surface area contributed by atoms with Gasteiger partial charge in [0.15, 0.2) is 0 Å². The highest BCUT2D eigenvalue weighted by molar-refractivity contribution is 6.13. The van der Waals surface area contributed by atoms with Crippen molar-refractivity contribution in [2.75, 3.05) is 16.5 Å². The Balaban J connectivity index is 1.01. The van der Waals surface area contributed by atoms with E-state index < -0.39 is 0 Å². The molecule has 0 N–H and O–H groups in total. The Labute approximate surface area is 308 Å². The highest BCUT2D eigenvalue weighted by atomic mass is 16.5. The first-order chi connectivity index (χ1) is 25.9. The third-order valence-corrected chi connectivity index (χ3v) is 10.5. The monoisotopic (exact) mass is 687 g/mol. The molecule has 0 radical (unpaired) electrons. The van der Waals surface area contributed by atoms with Gasteiger partial charge in [0.25, 0.3) is 0 Å². The number of para-hydroxylation sites is 1. The minimum Gasteiger partial charge on any atom is -0.457 e. The van der Waals surface area contributed by atoms with Crippen LogP contribution in [0.2, 0.25) is 0 Å². The second-order valence-corrected chi connectivity index (χ2v) is 14.8. The largest absolute Gasteiger partial charge is 0.457 e. The molecule has 9 aromatic rings. The van der Waals surface area contributed by atoms with Crippen LogP contribution in [0.4, 0.5) is 22.7 Å². The Morgan fingerprint density at radius 1 is 0.547 bits per heavy atom. The third kappa shape index (κ3) is 5.17. The number of pyridine rings is 2. The molecule has 0 amide bonds. The number of aromatic nitrogens is 3. The third-order valence-electron chi connectivity index (χ3n) is 10.5. The van der Waals surface area contributed by atoms with Gasteiger partial charge < -0.3 is 14.5 Å². The summed E-state index contributed by atoms with van der Waals surface area (Å²) in [6.07, 6.45) is 5.75. The smallest absolute Gasteiger partial charge is 0.137 e. The van der Waals surface area contributed by atoms with Gasteiger partial charge in [0.05, 0.1) is 34.3 Å². The van der Waals surface area contributed by atoms with Crippen LogP contribution in [0, 0.1) is 0 Å². The highest BCUT2D eigenvalue weighted by Gasteiger charge is 2.29. The van der Waals surface area contributed by atoms with E-state index in [0.717, 1.165) is 50.8 Å². The molecule has 0 aliphatic carbocycles. The number of anilines is 4. The lowest BCUT2D eigenvalue weighted by Gasteiger charge is -2.24. The van der Waals surface area contributed by atoms with E-state index >= 15 is 0 Å². The van der Waals surface area contributed by atoms with E-state index in [0.29, 0.717) is 6.67 Å². The Bertz CT molecular complexity index is 2870. The summed E-state index contributed by atoms with van der Waals surface area (Å²) in [6, 6.07) is 49.3. The summed E-state index contributed by atoms with van der Waals surface area (Å²) in [5, 5.41) is 7.32. The normalized spacial score (nSPS) is 13.0. The Morgan fingerprint density at radius 2 is 1.32 bits per heavy atom. The van der Waals surface area contributed by atoms with Gasteiger partial charge in [-0.1, -0.05) is 93.6 Å². The van der Waals surface area contributed by atoms with Gasteiger partial charge in [-0.25, -0.2) is 4.98 Å². The predicted molar refractivity (Wildman–Crippen MR) is 219 cm³/mol. The zero-order chi connectivity index (χ0) is 35.7. The van der Waals surface area contributed by atoms with E-state index in [1.165, 1.54) is 38.2 Å². The van der Waals surface area contributed by atoms with Crippen LogP contribution in [-0.4, -0.2) is 21.2 Å². The SMILES string of the molecule is CC(C)(C)c1ccnc(-n2c3ccccc3c3ccc(Oc4cccc(N5CN(c6cccc7c6ccc6ccccc67)c6ccncc65)c4)cc32)c1. The maximum Gasteiger partial charge on any atom is 0.137 e. The molecule has 0 unspecified atom stereocenters. The second kappa shape index (κ2) is 12.0. The molecule has 0 saturated heterocycles. The lowest BCUT2D eigenvalue weighted by Crippen LogP contribution is -2.24. The lowest BCUT2D eigenvalue weighted by atomic mass is 9.88. The summed E-state index contributed by atoms with van der Waals surface area (Å²) in [4.78, 5) is 14.1. The topological polar surface area (TPSA) is 46.4 Å². The summed E-state index contributed by atoms with van der Waals surface area (Å²) in [5.41, 5.74) is 7.78. The lowest BCUT2D eigenvalue weighted by molar-refractivity contribution is 0.483. The standard InChI is InChI=1S/C47H37N5O/c1-47(2,3)32-22-25-49-46(26-32)52-42-16-7-6-14-38(42)40-21-19-35(28-44(40)52)53-34-12-8-11-33(27-34)50-30-51(43-23-24-48-29-45(43)50)41-17-9-15-37-36-13-5-4-10-31(36)18-20-39(37)41/h4-29H,30H2,1-3H3. The molecule has 0 bridgehead atoms. The molecule has 256 valence electrons. The molecule has 1 aliphatic heterocycles. The molecular weight excluding hydrogens is 651 g/mol. The maximum atomic E-state index is 6.66. The number of nitrogens with zero attached hydrogens (tertiary/aromatic N) is 5. The zero-order valence-corrected chi connectivity index (χ0v) is 29.9. The van der Waals surface area contributed by atoms with E-state index in [1.807, 2.05) is 24.7 Å². The van der Waals surface area contributed by atoms with Gasteiger partial charge in [0.1, 0.15) is 24.0 Å². The van der Waals surface area contributed by atoms with Crippen LogP contribution >= 0.6 is 0 Å². The van der Waals surface area contributed by atoms with Gasteiger partial charge in [-0.05, 0) is 81.7 Å². The van der Waals surface area contributed by atoms with Gasteiger partial charge in [-0.3, -0.25) is 9.55 Å². The van der Waals surface area contributed by atoms with Crippen molar-refractivity contribution in [1.29, 1.82) is 0 Å². The number of fused-ring (bicyclic) bond motifs is 7. The van der Waals surface area contributed by atoms with Gasteiger partial charge in [-0.2, -0.15) is 0 Å². The number of ether oxygens (including phenoxy) is 1. The van der Waals surface area contributed by atoms with Gasteiger partial charge in [0, 0.05) is 46.4 Å². The summed E-state index contributed by atoms with van der Waals surface area (Å²) < 4.78 is 8.91. The highest BCUT2D eigenvalue weighted by Crippen LogP contribution is 2.46. The van der Waals surface area contributed by atoms with E-state index in [1.54, 1.807) is 0 Å². The molecule has 0 saturated carbocycles. The summed E-state index contributed by atoms with van der Waals surface area (Å²) >= 11 is 0. The van der Waals surface area contributed by atoms with Crippen molar-refractivity contribution in [3.63, 3.8) is 0 Å². The predicted octanol–water partition coefficient (Wildman–Crippen LogP) is 12.2. The van der Waals surface area contributed by atoms with Gasteiger partial charge in [0.2, 0.25) is 0 Å². The average Bonchev–Trinajstić information content (AvgIpc) is 3.73. The first kappa shape index (κ1) is 31.1. The number of hydrogen-bond donors (Lipinski definition) is 0. The number of hydrogen-bond acceptors (Lipinski definition) is 5. The molecular formula is C47H37N5O. The van der Waals surface area contributed by atoms with E-state index in [-0.39, 0.29) is 5.41 Å². The van der Waals surface area contributed by atoms with Crippen molar-refractivity contribution in [3.05, 3.63) is 164 Å². The fraction of sp³-hybridized carbons (Fsp3) is 0.106. The molecule has 0 atom stereocenters. The molecule has 4 heterocycles. The number of rotatable bonds is 5. The van der Waals surface area contributed by atoms with Crippen LogP contribution in [0.5, 0.6) is 11.5 Å². The van der Waals surface area contributed by atoms with Crippen molar-refractivity contribution in [2.45, 2.75) is 26.2 Å². The maximum absolute atomic E-state index is 6.66. The van der Waals surface area contributed by atoms with Gasteiger partial charge in [-0.15, -0.1) is 0 Å². The summed E-state index contributed by atoms with van der Waals surface area (Å²) in [5.74, 6) is 2.42. The molecule has 6 nitrogen and oxygen atoms in total. The van der Waals surface area contributed by atoms with Crippen LogP contribution < -0.4 is 14.5 Å². The van der Waals surface area contributed by atoms with Crippen molar-refractivity contribution in [2.24, 2.45) is 0 Å². The molecule has 53 heavy (non-hydrogen) atoms. The van der Waals surface area contributed by atoms with Gasteiger partial charge >= 0.3 is 0 Å². The van der Waals surface area contributed by atoms with Crippen molar-refractivity contribution >= 4 is 66.1 Å².